The normalized spacial score (nSPS) is 11.7. The van der Waals surface area contributed by atoms with Crippen LogP contribution in [-0.4, -0.2) is 19.1 Å². The molecule has 2 aromatic carbocycles. The van der Waals surface area contributed by atoms with Gasteiger partial charge in [-0.2, -0.15) is 0 Å². The molecule has 0 aliphatic carbocycles. The van der Waals surface area contributed by atoms with Crippen molar-refractivity contribution in [2.45, 2.75) is 33.3 Å². The number of ether oxygens (including phenoxy) is 2. The zero-order valence-electron chi connectivity index (χ0n) is 14.4. The maximum atomic E-state index is 12.5. The molecule has 1 amide bonds. The van der Waals surface area contributed by atoms with Crippen LogP contribution in [0, 0.1) is 13.8 Å². The first kappa shape index (κ1) is 18.1. The van der Waals surface area contributed by atoms with Gasteiger partial charge >= 0.3 is 0 Å². The Balaban J connectivity index is 2.14. The Bertz CT molecular complexity index is 731. The van der Waals surface area contributed by atoms with Gasteiger partial charge in [0.1, 0.15) is 11.5 Å². The number of nitrogens with one attached hydrogen (secondary N) is 1. The van der Waals surface area contributed by atoms with Crippen molar-refractivity contribution in [3.05, 3.63) is 52.5 Å². The van der Waals surface area contributed by atoms with Crippen LogP contribution in [0.15, 0.2) is 36.4 Å². The molecular formula is C19H22ClNO3. The van der Waals surface area contributed by atoms with Crippen LogP contribution < -0.4 is 14.8 Å². The first-order valence-electron chi connectivity index (χ1n) is 7.83. The van der Waals surface area contributed by atoms with Gasteiger partial charge in [0, 0.05) is 5.02 Å². The number of aryl methyl sites for hydroxylation is 2. The molecule has 0 aliphatic heterocycles. The lowest BCUT2D eigenvalue weighted by Crippen LogP contribution is -2.32. The Morgan fingerprint density at radius 1 is 1.17 bits per heavy atom. The van der Waals surface area contributed by atoms with Crippen molar-refractivity contribution in [3.63, 3.8) is 0 Å². The molecule has 2 aromatic rings. The highest BCUT2D eigenvalue weighted by Gasteiger charge is 2.20. The zero-order valence-corrected chi connectivity index (χ0v) is 15.1. The molecule has 1 unspecified atom stereocenters. The second-order valence-electron chi connectivity index (χ2n) is 5.59. The Hall–Kier alpha value is -2.20. The third-order valence-corrected chi connectivity index (χ3v) is 4.07. The minimum Gasteiger partial charge on any atom is -0.495 e. The maximum absolute atomic E-state index is 12.5. The summed E-state index contributed by atoms with van der Waals surface area (Å²) in [5.74, 6) is 0.989. The van der Waals surface area contributed by atoms with E-state index in [1.807, 2.05) is 39.0 Å². The first-order chi connectivity index (χ1) is 11.4. The Kier molecular flexibility index (Phi) is 6.10. The molecule has 0 saturated carbocycles. The number of carbonyl (C=O) groups excluding carboxylic acids is 1. The average molecular weight is 348 g/mol. The quantitative estimate of drug-likeness (QED) is 0.819. The van der Waals surface area contributed by atoms with E-state index in [0.717, 1.165) is 5.56 Å². The standard InChI is InChI=1S/C19H22ClNO3/c1-5-17(24-15-8-6-12(2)13(3)10-15)19(22)21-16-11-14(20)7-9-18(16)23-4/h6-11,17H,5H2,1-4H3,(H,21,22). The number of methoxy groups -OCH3 is 1. The number of halogens is 1. The van der Waals surface area contributed by atoms with Gasteiger partial charge in [-0.1, -0.05) is 24.6 Å². The molecule has 0 spiro atoms. The third-order valence-electron chi connectivity index (χ3n) is 3.84. The average Bonchev–Trinajstić information content (AvgIpc) is 2.56. The summed E-state index contributed by atoms with van der Waals surface area (Å²) >= 11 is 5.99. The van der Waals surface area contributed by atoms with Crippen LogP contribution in [0.5, 0.6) is 11.5 Å². The molecule has 24 heavy (non-hydrogen) atoms. The summed E-state index contributed by atoms with van der Waals surface area (Å²) in [4.78, 5) is 12.5. The number of hydrogen-bond donors (Lipinski definition) is 1. The fraction of sp³-hybridized carbons (Fsp3) is 0.316. The summed E-state index contributed by atoms with van der Waals surface area (Å²) < 4.78 is 11.1. The predicted octanol–water partition coefficient (Wildman–Crippen LogP) is 4.76. The molecule has 1 N–H and O–H groups in total. The summed E-state index contributed by atoms with van der Waals surface area (Å²) in [5, 5.41) is 3.35. The Morgan fingerprint density at radius 2 is 1.92 bits per heavy atom. The Morgan fingerprint density at radius 3 is 2.54 bits per heavy atom. The third kappa shape index (κ3) is 4.42. The first-order valence-corrected chi connectivity index (χ1v) is 8.20. The second-order valence-corrected chi connectivity index (χ2v) is 6.03. The van der Waals surface area contributed by atoms with Gasteiger partial charge < -0.3 is 14.8 Å². The number of hydrogen-bond acceptors (Lipinski definition) is 3. The second kappa shape index (κ2) is 8.06. The van der Waals surface area contributed by atoms with E-state index in [1.165, 1.54) is 5.56 Å². The molecule has 128 valence electrons. The maximum Gasteiger partial charge on any atom is 0.265 e. The molecular weight excluding hydrogens is 326 g/mol. The molecule has 0 saturated heterocycles. The lowest BCUT2D eigenvalue weighted by Gasteiger charge is -2.19. The highest BCUT2D eigenvalue weighted by atomic mass is 35.5. The van der Waals surface area contributed by atoms with E-state index in [4.69, 9.17) is 21.1 Å². The van der Waals surface area contributed by atoms with Crippen LogP contribution in [0.1, 0.15) is 24.5 Å². The van der Waals surface area contributed by atoms with Gasteiger partial charge in [0.05, 0.1) is 12.8 Å². The van der Waals surface area contributed by atoms with E-state index in [2.05, 4.69) is 5.32 Å². The molecule has 0 aliphatic rings. The van der Waals surface area contributed by atoms with Gasteiger partial charge in [0.2, 0.25) is 0 Å². The number of carbonyl (C=O) groups is 1. The summed E-state index contributed by atoms with van der Waals surface area (Å²) in [7, 11) is 1.54. The monoisotopic (exact) mass is 347 g/mol. The van der Waals surface area contributed by atoms with Crippen LogP contribution >= 0.6 is 11.6 Å². The molecule has 0 fully saturated rings. The van der Waals surface area contributed by atoms with Gasteiger partial charge in [-0.05, 0) is 61.7 Å². The fourth-order valence-corrected chi connectivity index (χ4v) is 2.44. The van der Waals surface area contributed by atoms with Gasteiger partial charge in [-0.15, -0.1) is 0 Å². The summed E-state index contributed by atoms with van der Waals surface area (Å²) in [5.41, 5.74) is 2.83. The fourth-order valence-electron chi connectivity index (χ4n) is 2.26. The minimum atomic E-state index is -0.601. The molecule has 0 heterocycles. The van der Waals surface area contributed by atoms with E-state index in [-0.39, 0.29) is 5.91 Å². The number of benzene rings is 2. The molecule has 0 bridgehead atoms. The van der Waals surface area contributed by atoms with Crippen molar-refractivity contribution < 1.29 is 14.3 Å². The van der Waals surface area contributed by atoms with Gasteiger partial charge in [0.25, 0.3) is 5.91 Å². The summed E-state index contributed by atoms with van der Waals surface area (Å²) in [6.45, 7) is 5.95. The largest absolute Gasteiger partial charge is 0.495 e. The van der Waals surface area contributed by atoms with E-state index in [9.17, 15) is 4.79 Å². The lowest BCUT2D eigenvalue weighted by atomic mass is 10.1. The smallest absolute Gasteiger partial charge is 0.265 e. The molecule has 5 heteroatoms. The van der Waals surface area contributed by atoms with Crippen LogP contribution in [0.4, 0.5) is 5.69 Å². The summed E-state index contributed by atoms with van der Waals surface area (Å²) in [6.07, 6.45) is -0.0578. The van der Waals surface area contributed by atoms with Crippen molar-refractivity contribution in [2.24, 2.45) is 0 Å². The molecule has 1 atom stereocenters. The molecule has 4 nitrogen and oxygen atoms in total. The van der Waals surface area contributed by atoms with Crippen LogP contribution in [0.25, 0.3) is 0 Å². The van der Waals surface area contributed by atoms with Crippen molar-refractivity contribution in [1.82, 2.24) is 0 Å². The highest BCUT2D eigenvalue weighted by molar-refractivity contribution is 6.31. The van der Waals surface area contributed by atoms with Crippen LogP contribution in [0.3, 0.4) is 0 Å². The van der Waals surface area contributed by atoms with Crippen LogP contribution in [0.2, 0.25) is 5.02 Å². The van der Waals surface area contributed by atoms with E-state index in [0.29, 0.717) is 28.6 Å². The van der Waals surface area contributed by atoms with E-state index < -0.39 is 6.10 Å². The predicted molar refractivity (Wildman–Crippen MR) is 97.3 cm³/mol. The number of rotatable bonds is 6. The molecule has 0 aromatic heterocycles. The van der Waals surface area contributed by atoms with E-state index in [1.54, 1.807) is 25.3 Å². The van der Waals surface area contributed by atoms with Crippen molar-refractivity contribution in [2.75, 3.05) is 12.4 Å². The SMILES string of the molecule is CCC(Oc1ccc(C)c(C)c1)C(=O)Nc1cc(Cl)ccc1OC. The van der Waals surface area contributed by atoms with Gasteiger partial charge in [-0.3, -0.25) is 4.79 Å². The van der Waals surface area contributed by atoms with Gasteiger partial charge in [0.15, 0.2) is 6.10 Å². The molecule has 0 radical (unpaired) electrons. The minimum absolute atomic E-state index is 0.240. The number of anilines is 1. The van der Waals surface area contributed by atoms with Crippen molar-refractivity contribution in [3.8, 4) is 11.5 Å². The zero-order chi connectivity index (χ0) is 17.7. The highest BCUT2D eigenvalue weighted by Crippen LogP contribution is 2.28. The van der Waals surface area contributed by atoms with Crippen LogP contribution in [-0.2, 0) is 4.79 Å². The lowest BCUT2D eigenvalue weighted by molar-refractivity contribution is -0.122. The van der Waals surface area contributed by atoms with E-state index >= 15 is 0 Å². The number of amides is 1. The topological polar surface area (TPSA) is 47.6 Å². The van der Waals surface area contributed by atoms with Crippen molar-refractivity contribution in [1.29, 1.82) is 0 Å². The molecule has 2 rings (SSSR count). The summed E-state index contributed by atoms with van der Waals surface area (Å²) in [6, 6.07) is 10.9. The van der Waals surface area contributed by atoms with Gasteiger partial charge in [-0.25, -0.2) is 0 Å². The Labute approximate surface area is 147 Å². The van der Waals surface area contributed by atoms with Crippen molar-refractivity contribution >= 4 is 23.2 Å².